The van der Waals surface area contributed by atoms with Crippen LogP contribution in [0.1, 0.15) is 24.0 Å². The molecule has 0 amide bonds. The monoisotopic (exact) mass is 456 g/mol. The van der Waals surface area contributed by atoms with E-state index < -0.39 is 5.92 Å². The van der Waals surface area contributed by atoms with Gasteiger partial charge in [-0.1, -0.05) is 29.3 Å². The number of nitrogens with one attached hydrogen (secondary N) is 1. The Bertz CT molecular complexity index is 1230. The van der Waals surface area contributed by atoms with Crippen molar-refractivity contribution in [3.8, 4) is 34.7 Å². The van der Waals surface area contributed by atoms with Gasteiger partial charge in [-0.05, 0) is 42.8 Å². The fourth-order valence-electron chi connectivity index (χ4n) is 3.61. The van der Waals surface area contributed by atoms with Crippen LogP contribution in [0.3, 0.4) is 0 Å². The number of methoxy groups -OCH3 is 1. The maximum atomic E-state index is 9.84. The Hall–Kier alpha value is -3.34. The van der Waals surface area contributed by atoms with Gasteiger partial charge in [-0.2, -0.15) is 5.26 Å². The molecular weight excluding hydrogens is 439 g/mol. The van der Waals surface area contributed by atoms with Crippen LogP contribution >= 0.6 is 23.2 Å². The third kappa shape index (κ3) is 3.65. The second-order valence-electron chi connectivity index (χ2n) is 6.71. The molecule has 0 aliphatic carbocycles. The van der Waals surface area contributed by atoms with Crippen molar-refractivity contribution in [3.63, 3.8) is 0 Å². The number of allylic oxidation sites excluding steroid dienone is 1. The van der Waals surface area contributed by atoms with E-state index in [2.05, 4.69) is 16.3 Å². The van der Waals surface area contributed by atoms with Crippen molar-refractivity contribution < 1.29 is 14.2 Å². The zero-order valence-electron chi connectivity index (χ0n) is 16.7. The summed E-state index contributed by atoms with van der Waals surface area (Å²) in [5.41, 5.74) is 8.99. The molecule has 0 radical (unpaired) electrons. The number of halogens is 2. The summed E-state index contributed by atoms with van der Waals surface area (Å²) in [6, 6.07) is 12.8. The number of aromatic amines is 1. The SMILES string of the molecule is CCOc1ccc(-c2[nH]nc3c2C(c2ccc(Cl)cc2Cl)C(C#N)=C(N)O3)cc1OC. The number of ether oxygens (including phenoxy) is 3. The van der Waals surface area contributed by atoms with Crippen LogP contribution in [0.5, 0.6) is 17.4 Å². The van der Waals surface area contributed by atoms with Crippen LogP contribution in [0.2, 0.25) is 10.0 Å². The van der Waals surface area contributed by atoms with Crippen LogP contribution in [-0.2, 0) is 0 Å². The van der Waals surface area contributed by atoms with E-state index in [0.717, 1.165) is 5.56 Å². The highest BCUT2D eigenvalue weighted by Gasteiger charge is 2.36. The van der Waals surface area contributed by atoms with Crippen molar-refractivity contribution in [3.05, 3.63) is 69.0 Å². The summed E-state index contributed by atoms with van der Waals surface area (Å²) < 4.78 is 16.7. The maximum Gasteiger partial charge on any atom is 0.244 e. The average Bonchev–Trinajstić information content (AvgIpc) is 3.17. The Kier molecular flexibility index (Phi) is 5.68. The second-order valence-corrected chi connectivity index (χ2v) is 7.55. The largest absolute Gasteiger partial charge is 0.493 e. The fourth-order valence-corrected chi connectivity index (χ4v) is 4.13. The highest BCUT2D eigenvalue weighted by atomic mass is 35.5. The lowest BCUT2D eigenvalue weighted by Crippen LogP contribution is -2.21. The summed E-state index contributed by atoms with van der Waals surface area (Å²) in [4.78, 5) is 0. The number of rotatable bonds is 5. The molecule has 31 heavy (non-hydrogen) atoms. The second kappa shape index (κ2) is 8.42. The maximum absolute atomic E-state index is 9.84. The minimum atomic E-state index is -0.593. The molecule has 2 aromatic carbocycles. The van der Waals surface area contributed by atoms with Crippen molar-refractivity contribution >= 4 is 23.2 Å². The van der Waals surface area contributed by atoms with Gasteiger partial charge >= 0.3 is 0 Å². The first-order valence-electron chi connectivity index (χ1n) is 9.40. The van der Waals surface area contributed by atoms with Crippen LogP contribution in [-0.4, -0.2) is 23.9 Å². The number of fused-ring (bicyclic) bond motifs is 1. The molecule has 1 aliphatic rings. The standard InChI is InChI=1S/C22H18Cl2N4O3/c1-3-30-16-7-4-11(8-17(16)29-2)20-19-18(13-6-5-12(23)9-15(13)24)14(10-25)21(26)31-22(19)28-27-20/h4-9,18H,3,26H2,1-2H3,(H,27,28). The van der Waals surface area contributed by atoms with Crippen LogP contribution < -0.4 is 19.9 Å². The highest BCUT2D eigenvalue weighted by molar-refractivity contribution is 6.35. The van der Waals surface area contributed by atoms with Gasteiger partial charge < -0.3 is 19.9 Å². The molecule has 0 fully saturated rings. The van der Waals surface area contributed by atoms with Gasteiger partial charge in [0.25, 0.3) is 0 Å². The minimum Gasteiger partial charge on any atom is -0.493 e. The van der Waals surface area contributed by atoms with Crippen molar-refractivity contribution in [1.29, 1.82) is 5.26 Å². The molecule has 9 heteroatoms. The Morgan fingerprint density at radius 2 is 2.03 bits per heavy atom. The molecule has 1 unspecified atom stereocenters. The number of nitrogens with two attached hydrogens (primary N) is 1. The quantitative estimate of drug-likeness (QED) is 0.558. The van der Waals surface area contributed by atoms with E-state index in [4.69, 9.17) is 43.1 Å². The van der Waals surface area contributed by atoms with Crippen molar-refractivity contribution in [1.82, 2.24) is 10.2 Å². The van der Waals surface area contributed by atoms with Crippen LogP contribution in [0.4, 0.5) is 0 Å². The molecular formula is C22H18Cl2N4O3. The van der Waals surface area contributed by atoms with Gasteiger partial charge in [0, 0.05) is 15.6 Å². The van der Waals surface area contributed by atoms with Gasteiger partial charge in [0.15, 0.2) is 11.5 Å². The number of benzene rings is 2. The first-order chi connectivity index (χ1) is 15.0. The Morgan fingerprint density at radius 3 is 2.71 bits per heavy atom. The third-order valence-corrected chi connectivity index (χ3v) is 5.53. The number of nitrogens with zero attached hydrogens (tertiary/aromatic N) is 2. The van der Waals surface area contributed by atoms with E-state index in [9.17, 15) is 5.26 Å². The molecule has 0 saturated carbocycles. The molecule has 1 atom stereocenters. The molecule has 0 spiro atoms. The zero-order valence-corrected chi connectivity index (χ0v) is 18.2. The Labute approximate surface area is 188 Å². The van der Waals surface area contributed by atoms with Gasteiger partial charge in [-0.25, -0.2) is 0 Å². The van der Waals surface area contributed by atoms with E-state index in [1.54, 1.807) is 25.3 Å². The van der Waals surface area contributed by atoms with E-state index in [1.807, 2.05) is 25.1 Å². The van der Waals surface area contributed by atoms with E-state index >= 15 is 0 Å². The Morgan fingerprint density at radius 1 is 1.23 bits per heavy atom. The fraction of sp³-hybridized carbons (Fsp3) is 0.182. The van der Waals surface area contributed by atoms with Crippen molar-refractivity contribution in [2.24, 2.45) is 5.73 Å². The summed E-state index contributed by atoms with van der Waals surface area (Å²) in [7, 11) is 1.57. The summed E-state index contributed by atoms with van der Waals surface area (Å²) in [6.07, 6.45) is 0. The lowest BCUT2D eigenvalue weighted by atomic mass is 9.83. The van der Waals surface area contributed by atoms with E-state index in [1.165, 1.54) is 0 Å². The van der Waals surface area contributed by atoms with Crippen LogP contribution in [0.15, 0.2) is 47.9 Å². The number of H-pyrrole nitrogens is 1. The molecule has 0 bridgehead atoms. The summed E-state index contributed by atoms with van der Waals surface area (Å²) in [5.74, 6) is 0.849. The van der Waals surface area contributed by atoms with Crippen LogP contribution in [0, 0.1) is 11.3 Å². The normalized spacial score (nSPS) is 15.1. The smallest absolute Gasteiger partial charge is 0.244 e. The number of nitriles is 1. The zero-order chi connectivity index (χ0) is 22.1. The molecule has 2 heterocycles. The first-order valence-corrected chi connectivity index (χ1v) is 10.2. The van der Waals surface area contributed by atoms with Gasteiger partial charge in [0.2, 0.25) is 11.8 Å². The summed E-state index contributed by atoms with van der Waals surface area (Å²) in [6.45, 7) is 2.41. The topological polar surface area (TPSA) is 106 Å². The average molecular weight is 457 g/mol. The van der Waals surface area contributed by atoms with Crippen molar-refractivity contribution in [2.75, 3.05) is 13.7 Å². The molecule has 3 N–H and O–H groups in total. The van der Waals surface area contributed by atoms with Gasteiger partial charge in [-0.15, -0.1) is 5.10 Å². The summed E-state index contributed by atoms with van der Waals surface area (Å²) >= 11 is 12.6. The molecule has 0 saturated heterocycles. The molecule has 1 aliphatic heterocycles. The number of hydrogen-bond acceptors (Lipinski definition) is 6. The lowest BCUT2D eigenvalue weighted by Gasteiger charge is -2.25. The van der Waals surface area contributed by atoms with Crippen molar-refractivity contribution in [2.45, 2.75) is 12.8 Å². The van der Waals surface area contributed by atoms with Gasteiger partial charge in [-0.3, -0.25) is 5.10 Å². The molecule has 1 aromatic heterocycles. The number of hydrogen-bond donors (Lipinski definition) is 2. The number of aromatic nitrogens is 2. The van der Waals surface area contributed by atoms with Crippen LogP contribution in [0.25, 0.3) is 11.3 Å². The predicted molar refractivity (Wildman–Crippen MR) is 118 cm³/mol. The van der Waals surface area contributed by atoms with E-state index in [-0.39, 0.29) is 17.3 Å². The lowest BCUT2D eigenvalue weighted by molar-refractivity contribution is 0.311. The predicted octanol–water partition coefficient (Wildman–Crippen LogP) is 5.01. The molecule has 3 aromatic rings. The van der Waals surface area contributed by atoms with Gasteiger partial charge in [0.05, 0.1) is 30.9 Å². The molecule has 4 rings (SSSR count). The van der Waals surface area contributed by atoms with E-state index in [0.29, 0.717) is 45.0 Å². The van der Waals surface area contributed by atoms with Gasteiger partial charge in [0.1, 0.15) is 11.6 Å². The minimum absolute atomic E-state index is 0.0201. The summed E-state index contributed by atoms with van der Waals surface area (Å²) in [5, 5.41) is 18.0. The molecule has 7 nitrogen and oxygen atoms in total. The molecule has 158 valence electrons. The third-order valence-electron chi connectivity index (χ3n) is 4.96. The Balaban J connectivity index is 1.92. The first kappa shape index (κ1) is 20.9. The highest BCUT2D eigenvalue weighted by Crippen LogP contribution is 2.48.